The summed E-state index contributed by atoms with van der Waals surface area (Å²) in [4.78, 5) is 25.4. The van der Waals surface area contributed by atoms with Crippen molar-refractivity contribution in [2.75, 3.05) is 11.5 Å². The quantitative estimate of drug-likeness (QED) is 0.730. The number of sulfone groups is 1. The highest BCUT2D eigenvalue weighted by Crippen LogP contribution is 2.11. The summed E-state index contributed by atoms with van der Waals surface area (Å²) in [6.45, 7) is 0. The van der Waals surface area contributed by atoms with Crippen molar-refractivity contribution < 1.29 is 13.2 Å². The van der Waals surface area contributed by atoms with Crippen molar-refractivity contribution in [3.05, 3.63) is 34.2 Å². The first kappa shape index (κ1) is 11.8. The number of carbonyl (C=O) groups is 1. The van der Waals surface area contributed by atoms with E-state index in [1.165, 1.54) is 12.3 Å². The molecule has 0 aliphatic carbocycles. The molecule has 17 heavy (non-hydrogen) atoms. The predicted molar refractivity (Wildman–Crippen MR) is 61.6 cm³/mol. The first-order valence-electron chi connectivity index (χ1n) is 5.17. The minimum Gasteiger partial charge on any atom is -0.348 e. The molecule has 1 aromatic heterocycles. The fourth-order valence-corrected chi connectivity index (χ4v) is 3.45. The summed E-state index contributed by atoms with van der Waals surface area (Å²) in [5, 5.41) is 2.55. The fourth-order valence-electron chi connectivity index (χ4n) is 1.77. The lowest BCUT2D eigenvalue weighted by Gasteiger charge is -2.09. The zero-order valence-electron chi connectivity index (χ0n) is 8.97. The van der Waals surface area contributed by atoms with Crippen LogP contribution in [0.4, 0.5) is 0 Å². The van der Waals surface area contributed by atoms with Gasteiger partial charge in [-0.05, 0) is 18.6 Å². The second-order valence-corrected chi connectivity index (χ2v) is 6.22. The Bertz CT molecular complexity index is 590. The van der Waals surface area contributed by atoms with Crippen molar-refractivity contribution in [1.82, 2.24) is 10.3 Å². The van der Waals surface area contributed by atoms with Crippen molar-refractivity contribution in [2.45, 2.75) is 12.5 Å². The molecule has 0 saturated carbocycles. The van der Waals surface area contributed by atoms with Crippen LogP contribution in [0.5, 0.6) is 0 Å². The summed E-state index contributed by atoms with van der Waals surface area (Å²) < 4.78 is 22.4. The van der Waals surface area contributed by atoms with E-state index >= 15 is 0 Å². The van der Waals surface area contributed by atoms with Gasteiger partial charge in [0.15, 0.2) is 9.84 Å². The zero-order valence-corrected chi connectivity index (χ0v) is 9.79. The first-order valence-corrected chi connectivity index (χ1v) is 6.99. The average Bonchev–Trinajstić information content (AvgIpc) is 2.58. The van der Waals surface area contributed by atoms with E-state index in [0.717, 1.165) is 0 Å². The number of pyridine rings is 1. The second kappa shape index (κ2) is 4.33. The molecule has 1 aliphatic heterocycles. The number of nitrogens with one attached hydrogen (secondary N) is 2. The van der Waals surface area contributed by atoms with Crippen LogP contribution < -0.4 is 10.9 Å². The van der Waals surface area contributed by atoms with Gasteiger partial charge in [0, 0.05) is 12.2 Å². The third-order valence-corrected chi connectivity index (χ3v) is 4.40. The number of hydrogen-bond donors (Lipinski definition) is 2. The average molecular weight is 256 g/mol. The van der Waals surface area contributed by atoms with Gasteiger partial charge in [0.1, 0.15) is 5.56 Å². The van der Waals surface area contributed by atoms with Crippen LogP contribution in [0.25, 0.3) is 0 Å². The third-order valence-electron chi connectivity index (χ3n) is 2.63. The van der Waals surface area contributed by atoms with E-state index in [1.807, 2.05) is 0 Å². The fraction of sp³-hybridized carbons (Fsp3) is 0.400. The summed E-state index contributed by atoms with van der Waals surface area (Å²) in [5.41, 5.74) is -0.484. The van der Waals surface area contributed by atoms with E-state index in [9.17, 15) is 18.0 Å². The number of H-pyrrole nitrogens is 1. The molecular formula is C10H12N2O4S. The molecule has 92 valence electrons. The van der Waals surface area contributed by atoms with E-state index in [4.69, 9.17) is 0 Å². The Hall–Kier alpha value is -1.63. The Labute approximate surface area is 98.0 Å². The van der Waals surface area contributed by atoms with Crippen LogP contribution in [0.15, 0.2) is 23.1 Å². The van der Waals surface area contributed by atoms with Gasteiger partial charge in [0.05, 0.1) is 11.5 Å². The monoisotopic (exact) mass is 256 g/mol. The summed E-state index contributed by atoms with van der Waals surface area (Å²) in [6, 6.07) is 2.55. The van der Waals surface area contributed by atoms with Gasteiger partial charge in [-0.1, -0.05) is 0 Å². The smallest absolute Gasteiger partial charge is 0.260 e. The summed E-state index contributed by atoms with van der Waals surface area (Å²) >= 11 is 0. The van der Waals surface area contributed by atoms with Gasteiger partial charge in [0.2, 0.25) is 0 Å². The van der Waals surface area contributed by atoms with Crippen LogP contribution >= 0.6 is 0 Å². The highest BCUT2D eigenvalue weighted by Gasteiger charge is 2.29. The highest BCUT2D eigenvalue weighted by atomic mass is 32.2. The predicted octanol–water partition coefficient (Wildman–Crippen LogP) is -0.708. The van der Waals surface area contributed by atoms with Crippen LogP contribution in [0.3, 0.4) is 0 Å². The van der Waals surface area contributed by atoms with E-state index in [-0.39, 0.29) is 17.1 Å². The Kier molecular flexibility index (Phi) is 3.01. The lowest BCUT2D eigenvalue weighted by molar-refractivity contribution is 0.0939. The van der Waals surface area contributed by atoms with Crippen LogP contribution in [0.1, 0.15) is 16.8 Å². The molecule has 1 saturated heterocycles. The van der Waals surface area contributed by atoms with Gasteiger partial charge >= 0.3 is 0 Å². The molecule has 2 heterocycles. The molecular weight excluding hydrogens is 244 g/mol. The zero-order chi connectivity index (χ0) is 12.5. The Morgan fingerprint density at radius 2 is 2.24 bits per heavy atom. The van der Waals surface area contributed by atoms with Crippen molar-refractivity contribution in [3.63, 3.8) is 0 Å². The van der Waals surface area contributed by atoms with Crippen LogP contribution in [0, 0.1) is 0 Å². The molecule has 0 aromatic carbocycles. The molecule has 0 unspecified atom stereocenters. The van der Waals surface area contributed by atoms with E-state index in [1.54, 1.807) is 6.07 Å². The number of hydrogen-bond acceptors (Lipinski definition) is 4. The summed E-state index contributed by atoms with van der Waals surface area (Å²) in [5.74, 6) is -0.499. The molecule has 1 aliphatic rings. The molecule has 0 bridgehead atoms. The normalized spacial score (nSPS) is 22.2. The standard InChI is InChI=1S/C10H12N2O4S/c13-9-8(2-1-4-11-9)10(14)12-7-3-5-17(15,16)6-7/h1-2,4,7H,3,5-6H2,(H,11,13)(H,12,14)/t7-/m1/s1. The van der Waals surface area contributed by atoms with E-state index in [2.05, 4.69) is 10.3 Å². The van der Waals surface area contributed by atoms with Gasteiger partial charge in [-0.3, -0.25) is 9.59 Å². The number of rotatable bonds is 2. The number of carbonyl (C=O) groups excluding carboxylic acids is 1. The minimum atomic E-state index is -3.03. The second-order valence-electron chi connectivity index (χ2n) is 3.99. The molecule has 1 aromatic rings. The Morgan fingerprint density at radius 3 is 2.82 bits per heavy atom. The first-order chi connectivity index (χ1) is 7.98. The van der Waals surface area contributed by atoms with Crippen molar-refractivity contribution in [1.29, 1.82) is 0 Å². The van der Waals surface area contributed by atoms with Gasteiger partial charge in [-0.25, -0.2) is 8.42 Å². The van der Waals surface area contributed by atoms with Gasteiger partial charge in [-0.2, -0.15) is 0 Å². The molecule has 0 spiro atoms. The summed E-state index contributed by atoms with van der Waals surface area (Å²) in [6.07, 6.45) is 1.83. The maximum Gasteiger partial charge on any atom is 0.260 e. The topological polar surface area (TPSA) is 96.1 Å². The summed E-state index contributed by atoms with van der Waals surface area (Å²) in [7, 11) is -3.03. The van der Waals surface area contributed by atoms with Crippen molar-refractivity contribution in [3.8, 4) is 0 Å². The maximum atomic E-state index is 11.7. The van der Waals surface area contributed by atoms with Gasteiger partial charge in [-0.15, -0.1) is 0 Å². The molecule has 2 rings (SSSR count). The largest absolute Gasteiger partial charge is 0.348 e. The number of aromatic amines is 1. The highest BCUT2D eigenvalue weighted by molar-refractivity contribution is 7.91. The molecule has 2 N–H and O–H groups in total. The minimum absolute atomic E-state index is 0.00296. The lowest BCUT2D eigenvalue weighted by atomic mass is 10.2. The van der Waals surface area contributed by atoms with Crippen molar-refractivity contribution in [2.24, 2.45) is 0 Å². The molecule has 0 radical (unpaired) electrons. The maximum absolute atomic E-state index is 11.7. The molecule has 1 atom stereocenters. The SMILES string of the molecule is O=C(N[C@@H]1CCS(=O)(=O)C1)c1ccc[nH]c1=O. The van der Waals surface area contributed by atoms with Gasteiger partial charge < -0.3 is 10.3 Å². The van der Waals surface area contributed by atoms with E-state index < -0.39 is 27.3 Å². The third kappa shape index (κ3) is 2.73. The van der Waals surface area contributed by atoms with Crippen molar-refractivity contribution >= 4 is 15.7 Å². The number of amides is 1. The Balaban J connectivity index is 2.09. The van der Waals surface area contributed by atoms with E-state index in [0.29, 0.717) is 6.42 Å². The van der Waals surface area contributed by atoms with Crippen LogP contribution in [-0.4, -0.2) is 36.9 Å². The molecule has 6 nitrogen and oxygen atoms in total. The molecule has 1 amide bonds. The van der Waals surface area contributed by atoms with Crippen LogP contribution in [0.2, 0.25) is 0 Å². The Morgan fingerprint density at radius 1 is 1.47 bits per heavy atom. The number of aromatic nitrogens is 1. The van der Waals surface area contributed by atoms with Gasteiger partial charge in [0.25, 0.3) is 11.5 Å². The molecule has 1 fully saturated rings. The van der Waals surface area contributed by atoms with Crippen LogP contribution in [-0.2, 0) is 9.84 Å². The molecule has 7 heteroatoms. The lowest BCUT2D eigenvalue weighted by Crippen LogP contribution is -2.38.